The van der Waals surface area contributed by atoms with Crippen LogP contribution in [0, 0.1) is 5.92 Å². The van der Waals surface area contributed by atoms with E-state index in [1.807, 2.05) is 0 Å². The Morgan fingerprint density at radius 1 is 1.31 bits per heavy atom. The van der Waals surface area contributed by atoms with Gasteiger partial charge in [0.15, 0.2) is 0 Å². The number of halogens is 3. The summed E-state index contributed by atoms with van der Waals surface area (Å²) in [5.74, 6) is -0.109. The Balaban J connectivity index is 2.12. The van der Waals surface area contributed by atoms with Crippen LogP contribution < -0.4 is 0 Å². The predicted molar refractivity (Wildman–Crippen MR) is 40.2 cm³/mol. The van der Waals surface area contributed by atoms with E-state index in [9.17, 15) is 18.3 Å². The van der Waals surface area contributed by atoms with E-state index in [1.165, 1.54) is 0 Å². The number of alkyl halides is 3. The highest BCUT2D eigenvalue weighted by atomic mass is 19.4. The lowest BCUT2D eigenvalue weighted by Gasteiger charge is -2.12. The minimum atomic E-state index is -4.08. The summed E-state index contributed by atoms with van der Waals surface area (Å²) in [5.41, 5.74) is 0. The Morgan fingerprint density at radius 2 is 2.00 bits per heavy atom. The van der Waals surface area contributed by atoms with E-state index in [-0.39, 0.29) is 18.9 Å². The third kappa shape index (κ3) is 3.95. The Labute approximate surface area is 74.7 Å². The topological polar surface area (TPSA) is 29.5 Å². The Bertz CT molecular complexity index is 158. The van der Waals surface area contributed by atoms with Crippen molar-refractivity contribution in [2.24, 2.45) is 5.92 Å². The first-order valence-corrected chi connectivity index (χ1v) is 4.31. The smallest absolute Gasteiger partial charge is 0.389 e. The van der Waals surface area contributed by atoms with Crippen LogP contribution in [0.25, 0.3) is 0 Å². The lowest BCUT2D eigenvalue weighted by molar-refractivity contribution is -0.136. The molecule has 0 aromatic rings. The zero-order valence-electron chi connectivity index (χ0n) is 7.18. The molecule has 0 aromatic carbocycles. The first kappa shape index (κ1) is 10.8. The summed E-state index contributed by atoms with van der Waals surface area (Å²) in [6, 6.07) is 0. The van der Waals surface area contributed by atoms with Gasteiger partial charge in [0.05, 0.1) is 19.3 Å². The van der Waals surface area contributed by atoms with Crippen molar-refractivity contribution in [2.75, 3.05) is 13.2 Å². The van der Waals surface area contributed by atoms with Crippen LogP contribution in [-0.4, -0.2) is 30.6 Å². The summed E-state index contributed by atoms with van der Waals surface area (Å²) >= 11 is 0. The van der Waals surface area contributed by atoms with Crippen LogP contribution in [-0.2, 0) is 4.74 Å². The zero-order valence-corrected chi connectivity index (χ0v) is 7.18. The number of hydrogen-bond acceptors (Lipinski definition) is 2. The van der Waals surface area contributed by atoms with E-state index in [2.05, 4.69) is 0 Å². The van der Waals surface area contributed by atoms with E-state index in [0.29, 0.717) is 13.0 Å². The number of aliphatic hydroxyl groups excluding tert-OH is 1. The molecule has 0 unspecified atom stereocenters. The maximum atomic E-state index is 11.7. The van der Waals surface area contributed by atoms with Gasteiger partial charge in [0, 0.05) is 12.3 Å². The van der Waals surface area contributed by atoms with Crippen LogP contribution in [0.4, 0.5) is 13.2 Å². The lowest BCUT2D eigenvalue weighted by Crippen LogP contribution is -2.18. The fourth-order valence-corrected chi connectivity index (χ4v) is 1.43. The molecule has 0 bridgehead atoms. The van der Waals surface area contributed by atoms with E-state index >= 15 is 0 Å². The van der Waals surface area contributed by atoms with E-state index in [1.54, 1.807) is 0 Å². The van der Waals surface area contributed by atoms with Crippen molar-refractivity contribution < 1.29 is 23.0 Å². The summed E-state index contributed by atoms with van der Waals surface area (Å²) in [5, 5.41) is 9.21. The van der Waals surface area contributed by atoms with Gasteiger partial charge in [-0.2, -0.15) is 13.2 Å². The Hall–Kier alpha value is -0.290. The van der Waals surface area contributed by atoms with Gasteiger partial charge in [-0.25, -0.2) is 0 Å². The zero-order chi connectivity index (χ0) is 9.90. The highest BCUT2D eigenvalue weighted by Crippen LogP contribution is 2.26. The molecule has 1 fully saturated rings. The second kappa shape index (κ2) is 4.28. The number of aliphatic hydroxyl groups is 1. The SMILES string of the molecule is O[C@@H]1COC[C@H]1CCCC(F)(F)F. The van der Waals surface area contributed by atoms with E-state index < -0.39 is 18.7 Å². The van der Waals surface area contributed by atoms with Crippen molar-refractivity contribution in [3.63, 3.8) is 0 Å². The van der Waals surface area contributed by atoms with Crippen molar-refractivity contribution in [1.29, 1.82) is 0 Å². The third-order valence-electron chi connectivity index (χ3n) is 2.20. The molecule has 0 spiro atoms. The van der Waals surface area contributed by atoms with Gasteiger partial charge in [0.1, 0.15) is 0 Å². The molecule has 0 radical (unpaired) electrons. The number of hydrogen-bond donors (Lipinski definition) is 1. The maximum Gasteiger partial charge on any atom is 0.389 e. The van der Waals surface area contributed by atoms with Gasteiger partial charge in [0.25, 0.3) is 0 Å². The average Bonchev–Trinajstić information content (AvgIpc) is 2.34. The number of rotatable bonds is 3. The second-order valence-corrected chi connectivity index (χ2v) is 3.37. The first-order valence-electron chi connectivity index (χ1n) is 4.31. The minimum absolute atomic E-state index is 0.0780. The van der Waals surface area contributed by atoms with Gasteiger partial charge >= 0.3 is 6.18 Å². The molecule has 1 heterocycles. The molecular weight excluding hydrogens is 185 g/mol. The molecule has 2 nitrogen and oxygen atoms in total. The Kier molecular flexibility index (Phi) is 3.55. The minimum Gasteiger partial charge on any atom is -0.390 e. The standard InChI is InChI=1S/C8H13F3O2/c9-8(10,11)3-1-2-6-4-13-5-7(6)12/h6-7,12H,1-5H2/t6-,7-/m1/s1. The normalized spacial score (nSPS) is 29.5. The molecule has 0 amide bonds. The van der Waals surface area contributed by atoms with Gasteiger partial charge in [-0.3, -0.25) is 0 Å². The van der Waals surface area contributed by atoms with Gasteiger partial charge in [-0.05, 0) is 12.8 Å². The lowest BCUT2D eigenvalue weighted by atomic mass is 9.99. The molecule has 1 aliphatic rings. The second-order valence-electron chi connectivity index (χ2n) is 3.37. The molecular formula is C8H13F3O2. The molecule has 1 saturated heterocycles. The molecule has 0 saturated carbocycles. The summed E-state index contributed by atoms with van der Waals surface area (Å²) in [7, 11) is 0. The van der Waals surface area contributed by atoms with Crippen molar-refractivity contribution in [3.8, 4) is 0 Å². The maximum absolute atomic E-state index is 11.7. The number of ether oxygens (including phenoxy) is 1. The molecule has 2 atom stereocenters. The van der Waals surface area contributed by atoms with Crippen molar-refractivity contribution in [3.05, 3.63) is 0 Å². The van der Waals surface area contributed by atoms with Crippen LogP contribution in [0.2, 0.25) is 0 Å². The highest BCUT2D eigenvalue weighted by Gasteiger charge is 2.30. The van der Waals surface area contributed by atoms with Gasteiger partial charge in [-0.15, -0.1) is 0 Å². The molecule has 1 rings (SSSR count). The van der Waals surface area contributed by atoms with Crippen molar-refractivity contribution >= 4 is 0 Å². The quantitative estimate of drug-likeness (QED) is 0.748. The van der Waals surface area contributed by atoms with Crippen LogP contribution in [0.1, 0.15) is 19.3 Å². The van der Waals surface area contributed by atoms with Gasteiger partial charge < -0.3 is 9.84 Å². The average molecular weight is 198 g/mol. The summed E-state index contributed by atoms with van der Waals surface area (Å²) < 4.78 is 40.1. The Morgan fingerprint density at radius 3 is 2.46 bits per heavy atom. The predicted octanol–water partition coefficient (Wildman–Crippen LogP) is 1.73. The van der Waals surface area contributed by atoms with Crippen molar-refractivity contribution in [1.82, 2.24) is 0 Å². The monoisotopic (exact) mass is 198 g/mol. The van der Waals surface area contributed by atoms with E-state index in [0.717, 1.165) is 0 Å². The summed E-state index contributed by atoms with van der Waals surface area (Å²) in [6.07, 6.45) is -4.95. The summed E-state index contributed by atoms with van der Waals surface area (Å²) in [4.78, 5) is 0. The molecule has 5 heteroatoms. The third-order valence-corrected chi connectivity index (χ3v) is 2.20. The van der Waals surface area contributed by atoms with Crippen LogP contribution in [0.5, 0.6) is 0 Å². The molecule has 1 aliphatic heterocycles. The fourth-order valence-electron chi connectivity index (χ4n) is 1.43. The highest BCUT2D eigenvalue weighted by molar-refractivity contribution is 4.74. The molecule has 1 N–H and O–H groups in total. The largest absolute Gasteiger partial charge is 0.390 e. The van der Waals surface area contributed by atoms with Crippen molar-refractivity contribution in [2.45, 2.75) is 31.5 Å². The molecule has 0 aromatic heterocycles. The van der Waals surface area contributed by atoms with Crippen LogP contribution in [0.15, 0.2) is 0 Å². The molecule has 0 aliphatic carbocycles. The summed E-state index contributed by atoms with van der Waals surface area (Å²) in [6.45, 7) is 0.649. The fraction of sp³-hybridized carbons (Fsp3) is 1.00. The van der Waals surface area contributed by atoms with E-state index in [4.69, 9.17) is 4.74 Å². The molecule has 78 valence electrons. The van der Waals surface area contributed by atoms with Gasteiger partial charge in [0.2, 0.25) is 0 Å². The van der Waals surface area contributed by atoms with Crippen LogP contribution >= 0.6 is 0 Å². The van der Waals surface area contributed by atoms with Gasteiger partial charge in [-0.1, -0.05) is 0 Å². The van der Waals surface area contributed by atoms with Crippen LogP contribution in [0.3, 0.4) is 0 Å². The molecule has 13 heavy (non-hydrogen) atoms. The first-order chi connectivity index (χ1) is 5.99.